The van der Waals surface area contributed by atoms with Crippen molar-refractivity contribution in [1.82, 2.24) is 0 Å². The van der Waals surface area contributed by atoms with Gasteiger partial charge in [-0.05, 0) is 35.3 Å². The Bertz CT molecular complexity index is 944. The van der Waals surface area contributed by atoms with E-state index in [4.69, 9.17) is 0 Å². The molecular weight excluding hydrogens is 342 g/mol. The molecule has 0 heterocycles. The summed E-state index contributed by atoms with van der Waals surface area (Å²) < 4.78 is 40.9. The SMILES string of the molecule is CC1=C(CC=O)c2cc(F)cc(F)c2C1=C(c1ccccc1)S(C)=O. The van der Waals surface area contributed by atoms with Gasteiger partial charge in [0.05, 0.1) is 15.7 Å². The number of allylic oxidation sites excluding steroid dienone is 3. The molecule has 1 aliphatic rings. The van der Waals surface area contributed by atoms with Gasteiger partial charge in [-0.1, -0.05) is 30.3 Å². The zero-order chi connectivity index (χ0) is 18.1. The molecule has 0 saturated carbocycles. The lowest BCUT2D eigenvalue weighted by Gasteiger charge is -2.13. The summed E-state index contributed by atoms with van der Waals surface area (Å²) in [6.45, 7) is 1.75. The topological polar surface area (TPSA) is 34.1 Å². The van der Waals surface area contributed by atoms with Crippen LogP contribution in [-0.2, 0) is 15.6 Å². The maximum absolute atomic E-state index is 14.6. The van der Waals surface area contributed by atoms with Crippen LogP contribution in [0.25, 0.3) is 16.1 Å². The van der Waals surface area contributed by atoms with E-state index in [1.165, 1.54) is 12.3 Å². The van der Waals surface area contributed by atoms with E-state index in [0.717, 1.165) is 6.07 Å². The minimum Gasteiger partial charge on any atom is -0.303 e. The first-order valence-electron chi connectivity index (χ1n) is 7.72. The molecule has 2 aromatic carbocycles. The van der Waals surface area contributed by atoms with Gasteiger partial charge in [-0.25, -0.2) is 8.78 Å². The van der Waals surface area contributed by atoms with Crippen molar-refractivity contribution >= 4 is 33.1 Å². The number of carbonyl (C=O) groups excluding carboxylic acids is 1. The Balaban J connectivity index is 2.43. The summed E-state index contributed by atoms with van der Waals surface area (Å²) in [5, 5.41) is 0. The highest BCUT2D eigenvalue weighted by atomic mass is 32.2. The van der Waals surface area contributed by atoms with E-state index in [0.29, 0.717) is 39.0 Å². The van der Waals surface area contributed by atoms with Gasteiger partial charge in [0, 0.05) is 29.9 Å². The van der Waals surface area contributed by atoms with Gasteiger partial charge < -0.3 is 4.79 Å². The molecule has 2 nitrogen and oxygen atoms in total. The van der Waals surface area contributed by atoms with Crippen molar-refractivity contribution < 1.29 is 17.8 Å². The Kier molecular flexibility index (Phi) is 4.77. The van der Waals surface area contributed by atoms with Crippen LogP contribution in [0.5, 0.6) is 0 Å². The second kappa shape index (κ2) is 6.84. The number of halogens is 2. The molecule has 1 atom stereocenters. The first-order chi connectivity index (χ1) is 12.0. The van der Waals surface area contributed by atoms with E-state index in [9.17, 15) is 17.8 Å². The third-order valence-electron chi connectivity index (χ3n) is 4.30. The van der Waals surface area contributed by atoms with Crippen LogP contribution < -0.4 is 0 Å². The van der Waals surface area contributed by atoms with Gasteiger partial charge in [-0.3, -0.25) is 4.21 Å². The number of hydrogen-bond donors (Lipinski definition) is 0. The van der Waals surface area contributed by atoms with Crippen LogP contribution >= 0.6 is 0 Å². The Morgan fingerprint density at radius 2 is 1.84 bits per heavy atom. The average Bonchev–Trinajstić information content (AvgIpc) is 2.82. The molecule has 0 radical (unpaired) electrons. The Hall–Kier alpha value is -2.40. The summed E-state index contributed by atoms with van der Waals surface area (Å²) in [6, 6.07) is 11.1. The molecule has 0 N–H and O–H groups in total. The van der Waals surface area contributed by atoms with E-state index in [-0.39, 0.29) is 12.0 Å². The van der Waals surface area contributed by atoms with Crippen molar-refractivity contribution in [3.05, 3.63) is 76.4 Å². The van der Waals surface area contributed by atoms with E-state index in [2.05, 4.69) is 0 Å². The Morgan fingerprint density at radius 3 is 2.44 bits per heavy atom. The average molecular weight is 358 g/mol. The minimum absolute atomic E-state index is 0.0453. The molecule has 1 unspecified atom stereocenters. The summed E-state index contributed by atoms with van der Waals surface area (Å²) in [5.41, 5.74) is 2.98. The molecule has 0 aromatic heterocycles. The molecule has 0 saturated heterocycles. The van der Waals surface area contributed by atoms with Crippen LogP contribution in [0.3, 0.4) is 0 Å². The van der Waals surface area contributed by atoms with Gasteiger partial charge >= 0.3 is 0 Å². The van der Waals surface area contributed by atoms with Gasteiger partial charge in [0.2, 0.25) is 0 Å². The van der Waals surface area contributed by atoms with E-state index in [1.54, 1.807) is 19.1 Å². The standard InChI is InChI=1S/C20H16F2O2S/c1-12-15(8-9-23)16-10-14(21)11-17(22)19(16)18(12)20(25(2)24)13-6-4-3-5-7-13/h3-7,9-11H,8H2,1-2H3. The van der Waals surface area contributed by atoms with Crippen molar-refractivity contribution in [1.29, 1.82) is 0 Å². The fourth-order valence-corrected chi connectivity index (χ4v) is 4.29. The summed E-state index contributed by atoms with van der Waals surface area (Å²) in [6.07, 6.45) is 2.28. The number of rotatable bonds is 4. The van der Waals surface area contributed by atoms with E-state index >= 15 is 0 Å². The third kappa shape index (κ3) is 3.00. The number of aldehydes is 1. The van der Waals surface area contributed by atoms with Crippen LogP contribution in [-0.4, -0.2) is 16.8 Å². The van der Waals surface area contributed by atoms with Crippen LogP contribution in [0.2, 0.25) is 0 Å². The lowest BCUT2D eigenvalue weighted by Crippen LogP contribution is -2.00. The highest BCUT2D eigenvalue weighted by Crippen LogP contribution is 2.47. The molecule has 0 amide bonds. The molecule has 0 aliphatic heterocycles. The lowest BCUT2D eigenvalue weighted by molar-refractivity contribution is -0.107. The van der Waals surface area contributed by atoms with Crippen LogP contribution in [0.1, 0.15) is 30.0 Å². The summed E-state index contributed by atoms with van der Waals surface area (Å²) >= 11 is 0. The number of hydrogen-bond acceptors (Lipinski definition) is 2. The van der Waals surface area contributed by atoms with E-state index in [1.807, 2.05) is 18.2 Å². The van der Waals surface area contributed by atoms with Crippen LogP contribution in [0.15, 0.2) is 48.0 Å². The van der Waals surface area contributed by atoms with Crippen molar-refractivity contribution in [2.45, 2.75) is 13.3 Å². The summed E-state index contributed by atoms with van der Waals surface area (Å²) in [7, 11) is -1.41. The quantitative estimate of drug-likeness (QED) is 0.749. The molecule has 3 rings (SSSR count). The third-order valence-corrected chi connectivity index (χ3v) is 5.31. The lowest BCUT2D eigenvalue weighted by atomic mass is 9.99. The number of carbonyl (C=O) groups is 1. The molecular formula is C20H16F2O2S. The van der Waals surface area contributed by atoms with Gasteiger partial charge in [-0.2, -0.15) is 0 Å². The molecule has 25 heavy (non-hydrogen) atoms. The fourth-order valence-electron chi connectivity index (χ4n) is 3.28. The van der Waals surface area contributed by atoms with Gasteiger partial charge in [0.25, 0.3) is 0 Å². The predicted molar refractivity (Wildman–Crippen MR) is 97.0 cm³/mol. The molecule has 5 heteroatoms. The van der Waals surface area contributed by atoms with Gasteiger partial charge in [0.15, 0.2) is 0 Å². The first kappa shape index (κ1) is 17.4. The summed E-state index contributed by atoms with van der Waals surface area (Å²) in [5.74, 6) is -1.42. The Labute approximate surface area is 147 Å². The van der Waals surface area contributed by atoms with Crippen molar-refractivity contribution in [2.75, 3.05) is 6.26 Å². The zero-order valence-electron chi connectivity index (χ0n) is 13.8. The molecule has 128 valence electrons. The smallest absolute Gasteiger partial charge is 0.134 e. The van der Waals surface area contributed by atoms with Crippen LogP contribution in [0, 0.1) is 11.6 Å². The predicted octanol–water partition coefficient (Wildman–Crippen LogP) is 4.59. The van der Waals surface area contributed by atoms with Crippen LogP contribution in [0.4, 0.5) is 8.78 Å². The molecule has 0 fully saturated rings. The molecule has 1 aliphatic carbocycles. The first-order valence-corrected chi connectivity index (χ1v) is 9.28. The Morgan fingerprint density at radius 1 is 1.16 bits per heavy atom. The second-order valence-electron chi connectivity index (χ2n) is 5.81. The number of fused-ring (bicyclic) bond motifs is 1. The summed E-state index contributed by atoms with van der Waals surface area (Å²) in [4.78, 5) is 11.5. The largest absolute Gasteiger partial charge is 0.303 e. The normalized spacial score (nSPS) is 16.6. The van der Waals surface area contributed by atoms with Gasteiger partial charge in [0.1, 0.15) is 17.9 Å². The fraction of sp³-hybridized carbons (Fsp3) is 0.150. The highest BCUT2D eigenvalue weighted by molar-refractivity contribution is 7.94. The highest BCUT2D eigenvalue weighted by Gasteiger charge is 2.31. The monoisotopic (exact) mass is 358 g/mol. The second-order valence-corrected chi connectivity index (χ2v) is 7.13. The van der Waals surface area contributed by atoms with Crippen molar-refractivity contribution in [2.24, 2.45) is 0 Å². The number of benzene rings is 2. The maximum atomic E-state index is 14.6. The maximum Gasteiger partial charge on any atom is 0.134 e. The van der Waals surface area contributed by atoms with Gasteiger partial charge in [-0.15, -0.1) is 0 Å². The van der Waals surface area contributed by atoms with Crippen molar-refractivity contribution in [3.8, 4) is 0 Å². The molecule has 0 spiro atoms. The van der Waals surface area contributed by atoms with E-state index < -0.39 is 22.4 Å². The molecule has 0 bridgehead atoms. The molecule has 2 aromatic rings. The van der Waals surface area contributed by atoms with Crippen molar-refractivity contribution in [3.63, 3.8) is 0 Å². The zero-order valence-corrected chi connectivity index (χ0v) is 14.6. The minimum atomic E-state index is -1.41.